The summed E-state index contributed by atoms with van der Waals surface area (Å²) in [7, 11) is 0. The molecule has 18 rings (SSSR count). The Morgan fingerprint density at radius 1 is 0.217 bits per heavy atom. The van der Waals surface area contributed by atoms with E-state index in [-0.39, 0.29) is 10.8 Å². The lowest BCUT2D eigenvalue weighted by Crippen LogP contribution is -2.31. The Balaban J connectivity index is 1.00. The number of hydrogen-bond acceptors (Lipinski definition) is 2. The van der Waals surface area contributed by atoms with Crippen LogP contribution in [0.15, 0.2) is 315 Å². The molecule has 2 heteroatoms. The molecule has 0 atom stereocenters. The SMILES string of the molecule is CC1(C)c2ccccc2N(c2ccccc2)c2c(-c3cccc4c(-c5c6cccc(-c7ccc8ccccc8c7)c6cc6c(-c7ccc8ccccc8c7)cccc56)c5cccc(-c6cccc7c6N(c6ccccc6)c6ccccc6C7(C)C)c5cc34)cccc21. The molecule has 0 bridgehead atoms. The van der Waals surface area contributed by atoms with Crippen molar-refractivity contribution in [3.8, 4) is 55.6 Å². The van der Waals surface area contributed by atoms with Gasteiger partial charge in [0.05, 0.1) is 22.7 Å². The molecule has 2 nitrogen and oxygen atoms in total. The minimum atomic E-state index is -0.306. The Morgan fingerprint density at radius 3 is 0.946 bits per heavy atom. The summed E-state index contributed by atoms with van der Waals surface area (Å²) in [6, 6.07) is 119. The minimum Gasteiger partial charge on any atom is -0.309 e. The summed E-state index contributed by atoms with van der Waals surface area (Å²) in [5, 5.41) is 14.5. The Labute approximate surface area is 537 Å². The number of anilines is 6. The van der Waals surface area contributed by atoms with Crippen LogP contribution in [0.2, 0.25) is 0 Å². The average Bonchev–Trinajstić information content (AvgIpc) is 0.718. The van der Waals surface area contributed by atoms with Gasteiger partial charge in [0.25, 0.3) is 0 Å². The van der Waals surface area contributed by atoms with Crippen LogP contribution in [0.1, 0.15) is 49.9 Å². The van der Waals surface area contributed by atoms with Crippen molar-refractivity contribution in [3.05, 3.63) is 338 Å². The van der Waals surface area contributed by atoms with E-state index in [0.29, 0.717) is 0 Å². The largest absolute Gasteiger partial charge is 0.309 e. The number of rotatable bonds is 7. The molecule has 16 aromatic rings. The third-order valence-electron chi connectivity index (χ3n) is 20.6. The zero-order chi connectivity index (χ0) is 61.4. The first kappa shape index (κ1) is 53.7. The molecular formula is C90H64N2. The second-order valence-electron chi connectivity index (χ2n) is 26.3. The van der Waals surface area contributed by atoms with Gasteiger partial charge in [-0.1, -0.05) is 282 Å². The molecule has 0 radical (unpaired) electrons. The fraction of sp³-hybridized carbons (Fsp3) is 0.0667. The molecule has 2 aliphatic heterocycles. The van der Waals surface area contributed by atoms with Crippen molar-refractivity contribution >= 4 is 98.8 Å². The first-order valence-electron chi connectivity index (χ1n) is 32.3. The summed E-state index contributed by atoms with van der Waals surface area (Å²) in [6.45, 7) is 9.61. The fourth-order valence-corrected chi connectivity index (χ4v) is 16.2. The lowest BCUT2D eigenvalue weighted by Gasteiger charge is -2.43. The third kappa shape index (κ3) is 8.06. The van der Waals surface area contributed by atoms with E-state index in [1.165, 1.54) is 165 Å². The van der Waals surface area contributed by atoms with Crippen LogP contribution in [0.25, 0.3) is 120 Å². The van der Waals surface area contributed by atoms with Crippen LogP contribution >= 0.6 is 0 Å². The molecule has 0 saturated carbocycles. The first-order valence-corrected chi connectivity index (χ1v) is 32.3. The van der Waals surface area contributed by atoms with Crippen molar-refractivity contribution in [3.63, 3.8) is 0 Å². The zero-order valence-corrected chi connectivity index (χ0v) is 51.9. The maximum Gasteiger partial charge on any atom is 0.0581 e. The van der Waals surface area contributed by atoms with Gasteiger partial charge in [0.1, 0.15) is 0 Å². The van der Waals surface area contributed by atoms with Gasteiger partial charge in [-0.25, -0.2) is 0 Å². The average molecular weight is 1170 g/mol. The lowest BCUT2D eigenvalue weighted by atomic mass is 9.72. The number of nitrogens with zero attached hydrogens (tertiary/aromatic N) is 2. The van der Waals surface area contributed by atoms with Gasteiger partial charge in [0.2, 0.25) is 0 Å². The molecule has 92 heavy (non-hydrogen) atoms. The molecule has 2 aliphatic rings. The standard InChI is InChI=1S/C90H64N2/c1-89(2)79-43-15-17-47-83(79)91(63-29-7-5-8-30-63)87-73(41-23-45-81(87)89)67-35-21-39-71-77(67)56-78-68(74-42-24-46-82-88(74)92(64-31-9-6-10-32-64)84-48-18-16-44-80(84)90(82,3)4)36-22-40-72(78)86(71)85-69-37-19-33-65(61-51-49-57-25-11-13-27-59(57)53-61)75(69)55-76-66(34-20-38-70(76)85)62-52-50-58-26-12-14-28-60(58)54-62/h5-56H,1-4H3. The van der Waals surface area contributed by atoms with Crippen LogP contribution < -0.4 is 9.80 Å². The first-order chi connectivity index (χ1) is 45.2. The number of fused-ring (bicyclic) bond motifs is 10. The van der Waals surface area contributed by atoms with E-state index in [1.54, 1.807) is 0 Å². The van der Waals surface area contributed by atoms with Gasteiger partial charge in [0.15, 0.2) is 0 Å². The Morgan fingerprint density at radius 2 is 0.533 bits per heavy atom. The molecule has 0 N–H and O–H groups in total. The highest BCUT2D eigenvalue weighted by Gasteiger charge is 2.40. The molecule has 0 unspecified atom stereocenters. The van der Waals surface area contributed by atoms with E-state index in [4.69, 9.17) is 0 Å². The Kier molecular flexibility index (Phi) is 12.0. The smallest absolute Gasteiger partial charge is 0.0581 e. The van der Waals surface area contributed by atoms with Gasteiger partial charge in [-0.05, 0) is 192 Å². The number of hydrogen-bond donors (Lipinski definition) is 0. The molecule has 0 saturated heterocycles. The predicted molar refractivity (Wildman–Crippen MR) is 392 cm³/mol. The predicted octanol–water partition coefficient (Wildman–Crippen LogP) is 25.2. The van der Waals surface area contributed by atoms with Gasteiger partial charge in [-0.2, -0.15) is 0 Å². The quantitative estimate of drug-likeness (QED) is 0.147. The second kappa shape index (κ2) is 20.6. The summed E-state index contributed by atoms with van der Waals surface area (Å²) in [5.41, 5.74) is 23.6. The molecule has 0 aromatic heterocycles. The number of benzene rings is 16. The van der Waals surface area contributed by atoms with Crippen molar-refractivity contribution in [2.45, 2.75) is 38.5 Å². The van der Waals surface area contributed by atoms with E-state index in [2.05, 4.69) is 353 Å². The molecule has 0 amide bonds. The third-order valence-corrected chi connectivity index (χ3v) is 20.6. The molecular weight excluding hydrogens is 1110 g/mol. The minimum absolute atomic E-state index is 0.306. The van der Waals surface area contributed by atoms with Gasteiger partial charge < -0.3 is 9.80 Å². The maximum atomic E-state index is 2.56. The monoisotopic (exact) mass is 1170 g/mol. The van der Waals surface area contributed by atoms with Crippen molar-refractivity contribution in [1.29, 1.82) is 0 Å². The van der Waals surface area contributed by atoms with E-state index < -0.39 is 0 Å². The van der Waals surface area contributed by atoms with E-state index >= 15 is 0 Å². The normalized spacial score (nSPS) is 13.8. The van der Waals surface area contributed by atoms with E-state index in [0.717, 1.165) is 11.4 Å². The zero-order valence-electron chi connectivity index (χ0n) is 51.9. The molecule has 2 heterocycles. The fourth-order valence-electron chi connectivity index (χ4n) is 16.2. The highest BCUT2D eigenvalue weighted by molar-refractivity contribution is 6.29. The molecule has 0 fully saturated rings. The van der Waals surface area contributed by atoms with E-state index in [9.17, 15) is 0 Å². The van der Waals surface area contributed by atoms with Gasteiger partial charge in [0, 0.05) is 33.3 Å². The summed E-state index contributed by atoms with van der Waals surface area (Å²) in [6.07, 6.45) is 0. The summed E-state index contributed by atoms with van der Waals surface area (Å²) < 4.78 is 0. The Hall–Kier alpha value is -11.3. The summed E-state index contributed by atoms with van der Waals surface area (Å²) >= 11 is 0. The van der Waals surface area contributed by atoms with Crippen LogP contribution in [0.3, 0.4) is 0 Å². The van der Waals surface area contributed by atoms with Gasteiger partial charge in [-0.15, -0.1) is 0 Å². The molecule has 434 valence electrons. The van der Waals surface area contributed by atoms with Gasteiger partial charge in [-0.3, -0.25) is 0 Å². The van der Waals surface area contributed by atoms with E-state index in [1.807, 2.05) is 0 Å². The Bertz CT molecular complexity index is 5370. The lowest BCUT2D eigenvalue weighted by molar-refractivity contribution is 0.632. The maximum absolute atomic E-state index is 2.56. The highest BCUT2D eigenvalue weighted by atomic mass is 15.2. The summed E-state index contributed by atoms with van der Waals surface area (Å²) in [5.74, 6) is 0. The molecule has 0 spiro atoms. The summed E-state index contributed by atoms with van der Waals surface area (Å²) in [4.78, 5) is 5.07. The van der Waals surface area contributed by atoms with Crippen LogP contribution in [0.5, 0.6) is 0 Å². The van der Waals surface area contributed by atoms with Crippen molar-refractivity contribution in [2.24, 2.45) is 0 Å². The van der Waals surface area contributed by atoms with Crippen molar-refractivity contribution < 1.29 is 0 Å². The molecule has 16 aromatic carbocycles. The van der Waals surface area contributed by atoms with Crippen molar-refractivity contribution in [1.82, 2.24) is 0 Å². The van der Waals surface area contributed by atoms with Gasteiger partial charge >= 0.3 is 0 Å². The topological polar surface area (TPSA) is 6.48 Å². The second-order valence-corrected chi connectivity index (χ2v) is 26.3. The van der Waals surface area contributed by atoms with Crippen LogP contribution in [0, 0.1) is 0 Å². The van der Waals surface area contributed by atoms with Crippen LogP contribution in [-0.2, 0) is 10.8 Å². The number of para-hydroxylation sites is 6. The van der Waals surface area contributed by atoms with Crippen LogP contribution in [0.4, 0.5) is 34.1 Å². The van der Waals surface area contributed by atoms with Crippen molar-refractivity contribution in [2.75, 3.05) is 9.80 Å². The van der Waals surface area contributed by atoms with Crippen LogP contribution in [-0.4, -0.2) is 0 Å². The molecule has 0 aliphatic carbocycles. The highest BCUT2D eigenvalue weighted by Crippen LogP contribution is 2.59.